The highest BCUT2D eigenvalue weighted by molar-refractivity contribution is 5.86. The number of hydrogen-bond donors (Lipinski definition) is 2. The lowest BCUT2D eigenvalue weighted by Gasteiger charge is -2.29. The molecule has 0 aromatic heterocycles. The van der Waals surface area contributed by atoms with Crippen molar-refractivity contribution in [3.05, 3.63) is 35.6 Å². The summed E-state index contributed by atoms with van der Waals surface area (Å²) in [6, 6.07) is 6.26. The van der Waals surface area contributed by atoms with Gasteiger partial charge >= 0.3 is 0 Å². The molecule has 2 unspecified atom stereocenters. The topological polar surface area (TPSA) is 41.1 Å². The summed E-state index contributed by atoms with van der Waals surface area (Å²) in [5, 5.41) is 6.38. The van der Waals surface area contributed by atoms with Gasteiger partial charge < -0.3 is 10.6 Å². The predicted octanol–water partition coefficient (Wildman–Crippen LogP) is 2.78. The van der Waals surface area contributed by atoms with Crippen molar-refractivity contribution >= 4 is 5.91 Å². The molecule has 2 rings (SSSR count). The average Bonchev–Trinajstić information content (AvgIpc) is 2.85. The van der Waals surface area contributed by atoms with Crippen molar-refractivity contribution in [2.75, 3.05) is 6.54 Å². The third-order valence-corrected chi connectivity index (χ3v) is 4.05. The van der Waals surface area contributed by atoms with Crippen molar-refractivity contribution in [2.45, 2.75) is 45.2 Å². The maximum atomic E-state index is 13.0. The maximum Gasteiger partial charge on any atom is 0.240 e. The minimum Gasteiger partial charge on any atom is -0.347 e. The van der Waals surface area contributed by atoms with Crippen LogP contribution in [0.1, 0.15) is 45.2 Å². The van der Waals surface area contributed by atoms with Crippen LogP contribution in [-0.2, 0) is 4.79 Å². The van der Waals surface area contributed by atoms with Gasteiger partial charge in [-0.2, -0.15) is 0 Å². The van der Waals surface area contributed by atoms with Gasteiger partial charge in [-0.05, 0) is 49.9 Å². The van der Waals surface area contributed by atoms with E-state index in [2.05, 4.69) is 24.5 Å². The molecule has 0 saturated carbocycles. The smallest absolute Gasteiger partial charge is 0.240 e. The Kier molecular flexibility index (Phi) is 4.43. The van der Waals surface area contributed by atoms with Gasteiger partial charge in [0.25, 0.3) is 0 Å². The second-order valence-corrected chi connectivity index (χ2v) is 6.11. The van der Waals surface area contributed by atoms with E-state index >= 15 is 0 Å². The molecular weight excluding hydrogens is 255 g/mol. The molecular formula is C16H23FN2O. The third kappa shape index (κ3) is 3.18. The first kappa shape index (κ1) is 15.0. The molecule has 20 heavy (non-hydrogen) atoms. The summed E-state index contributed by atoms with van der Waals surface area (Å²) in [7, 11) is 0. The average molecular weight is 278 g/mol. The van der Waals surface area contributed by atoms with Crippen molar-refractivity contribution in [1.82, 2.24) is 10.6 Å². The van der Waals surface area contributed by atoms with E-state index < -0.39 is 5.54 Å². The van der Waals surface area contributed by atoms with E-state index in [1.54, 1.807) is 12.1 Å². The molecule has 1 aromatic carbocycles. The van der Waals surface area contributed by atoms with E-state index in [0.717, 1.165) is 24.9 Å². The van der Waals surface area contributed by atoms with Gasteiger partial charge in [0.05, 0.1) is 11.6 Å². The Labute approximate surface area is 120 Å². The number of nitrogens with one attached hydrogen (secondary N) is 2. The van der Waals surface area contributed by atoms with E-state index in [4.69, 9.17) is 0 Å². The van der Waals surface area contributed by atoms with Gasteiger partial charge in [-0.25, -0.2) is 4.39 Å². The highest BCUT2D eigenvalue weighted by Crippen LogP contribution is 2.25. The zero-order chi connectivity index (χ0) is 14.8. The highest BCUT2D eigenvalue weighted by Gasteiger charge is 2.37. The summed E-state index contributed by atoms with van der Waals surface area (Å²) in [6.07, 6.45) is 1.87. The molecule has 1 aliphatic rings. The summed E-state index contributed by atoms with van der Waals surface area (Å²) in [5.41, 5.74) is 0.462. The normalized spacial score (nSPS) is 23.9. The Hall–Kier alpha value is -1.42. The van der Waals surface area contributed by atoms with E-state index in [9.17, 15) is 9.18 Å². The van der Waals surface area contributed by atoms with Crippen LogP contribution in [0.4, 0.5) is 4.39 Å². The van der Waals surface area contributed by atoms with Crippen LogP contribution in [-0.4, -0.2) is 18.0 Å². The molecule has 1 heterocycles. The zero-order valence-corrected chi connectivity index (χ0v) is 12.4. The number of benzene rings is 1. The number of carbonyl (C=O) groups excluding carboxylic acids is 1. The molecule has 0 bridgehead atoms. The molecule has 2 N–H and O–H groups in total. The zero-order valence-electron chi connectivity index (χ0n) is 12.4. The van der Waals surface area contributed by atoms with Crippen LogP contribution < -0.4 is 10.6 Å². The van der Waals surface area contributed by atoms with Gasteiger partial charge in [-0.1, -0.05) is 26.0 Å². The minimum absolute atomic E-state index is 0.0259. The van der Waals surface area contributed by atoms with Crippen LogP contribution in [0.3, 0.4) is 0 Å². The van der Waals surface area contributed by atoms with Crippen LogP contribution in [0.5, 0.6) is 0 Å². The van der Waals surface area contributed by atoms with Crippen LogP contribution in [0.15, 0.2) is 24.3 Å². The largest absolute Gasteiger partial charge is 0.347 e. The first-order valence-corrected chi connectivity index (χ1v) is 7.24. The van der Waals surface area contributed by atoms with Crippen LogP contribution in [0, 0.1) is 11.7 Å². The molecule has 110 valence electrons. The van der Waals surface area contributed by atoms with Crippen molar-refractivity contribution in [3.8, 4) is 0 Å². The molecule has 1 aliphatic heterocycles. The molecule has 0 radical (unpaired) electrons. The number of hydrogen-bond acceptors (Lipinski definition) is 2. The van der Waals surface area contributed by atoms with Crippen molar-refractivity contribution < 1.29 is 9.18 Å². The number of carbonyl (C=O) groups is 1. The Morgan fingerprint density at radius 1 is 1.35 bits per heavy atom. The van der Waals surface area contributed by atoms with Crippen LogP contribution >= 0.6 is 0 Å². The Morgan fingerprint density at radius 3 is 2.50 bits per heavy atom. The van der Waals surface area contributed by atoms with Gasteiger partial charge in [0.15, 0.2) is 0 Å². The quantitative estimate of drug-likeness (QED) is 0.889. The summed E-state index contributed by atoms with van der Waals surface area (Å²) >= 11 is 0. The van der Waals surface area contributed by atoms with Crippen molar-refractivity contribution in [1.29, 1.82) is 0 Å². The minimum atomic E-state index is -0.479. The molecule has 1 fully saturated rings. The lowest BCUT2D eigenvalue weighted by molar-refractivity contribution is -0.127. The number of amides is 1. The van der Waals surface area contributed by atoms with Gasteiger partial charge in [0, 0.05) is 0 Å². The van der Waals surface area contributed by atoms with Crippen LogP contribution in [0.25, 0.3) is 0 Å². The van der Waals surface area contributed by atoms with E-state index in [1.165, 1.54) is 12.1 Å². The fraction of sp³-hybridized carbons (Fsp3) is 0.562. The lowest BCUT2D eigenvalue weighted by atomic mass is 9.93. The molecule has 0 spiro atoms. The lowest BCUT2D eigenvalue weighted by Crippen LogP contribution is -2.52. The highest BCUT2D eigenvalue weighted by atomic mass is 19.1. The summed E-state index contributed by atoms with van der Waals surface area (Å²) in [6.45, 7) is 6.93. The first-order chi connectivity index (χ1) is 9.42. The SMILES string of the molecule is CC(C)C(NC(=O)C1(C)CCCN1)c1ccc(F)cc1. The molecule has 0 aliphatic carbocycles. The second kappa shape index (κ2) is 5.92. The van der Waals surface area contributed by atoms with Crippen molar-refractivity contribution in [2.24, 2.45) is 5.92 Å². The molecule has 3 nitrogen and oxygen atoms in total. The van der Waals surface area contributed by atoms with Gasteiger partial charge in [-0.3, -0.25) is 4.79 Å². The van der Waals surface area contributed by atoms with Gasteiger partial charge in [0.2, 0.25) is 5.91 Å². The van der Waals surface area contributed by atoms with Crippen LogP contribution in [0.2, 0.25) is 0 Å². The van der Waals surface area contributed by atoms with Crippen molar-refractivity contribution in [3.63, 3.8) is 0 Å². The number of rotatable bonds is 4. The predicted molar refractivity (Wildman–Crippen MR) is 77.8 cm³/mol. The monoisotopic (exact) mass is 278 g/mol. The summed E-state index contributed by atoms with van der Waals surface area (Å²) in [4.78, 5) is 12.5. The van der Waals surface area contributed by atoms with Gasteiger partial charge in [0.1, 0.15) is 5.82 Å². The Morgan fingerprint density at radius 2 is 2.00 bits per heavy atom. The fourth-order valence-corrected chi connectivity index (χ4v) is 2.69. The van der Waals surface area contributed by atoms with E-state index in [1.807, 2.05) is 6.92 Å². The molecule has 1 saturated heterocycles. The summed E-state index contributed by atoms with van der Waals surface area (Å²) in [5.74, 6) is 0.0134. The second-order valence-electron chi connectivity index (χ2n) is 6.11. The van der Waals surface area contributed by atoms with E-state index in [-0.39, 0.29) is 23.7 Å². The molecule has 4 heteroatoms. The summed E-state index contributed by atoms with van der Waals surface area (Å²) < 4.78 is 13.0. The molecule has 2 atom stereocenters. The Balaban J connectivity index is 2.13. The van der Waals surface area contributed by atoms with Gasteiger partial charge in [-0.15, -0.1) is 0 Å². The number of halogens is 1. The first-order valence-electron chi connectivity index (χ1n) is 7.24. The maximum absolute atomic E-state index is 13.0. The molecule has 1 aromatic rings. The Bertz CT molecular complexity index is 464. The fourth-order valence-electron chi connectivity index (χ4n) is 2.69. The molecule has 1 amide bonds. The standard InChI is InChI=1S/C16H23FN2O/c1-11(2)14(12-5-7-13(17)8-6-12)19-15(20)16(3)9-4-10-18-16/h5-8,11,14,18H,4,9-10H2,1-3H3,(H,19,20). The third-order valence-electron chi connectivity index (χ3n) is 4.05. The van der Waals surface area contributed by atoms with E-state index in [0.29, 0.717) is 0 Å².